The Morgan fingerprint density at radius 1 is 0.562 bits per heavy atom. The molecular weight excluding hydrogens is 585 g/mol. The fraction of sp³-hybridized carbons (Fsp3) is 0.478. The summed E-state index contributed by atoms with van der Waals surface area (Å²) in [6.07, 6.45) is 38.3. The summed E-state index contributed by atoms with van der Waals surface area (Å²) in [7, 11) is 0. The molecule has 1 aliphatic carbocycles. The zero-order valence-corrected chi connectivity index (χ0v) is 31.9. The van der Waals surface area contributed by atoms with E-state index in [9.17, 15) is 10.2 Å². The van der Waals surface area contributed by atoms with Gasteiger partial charge < -0.3 is 10.2 Å². The SMILES string of the molecule is CC(C)=CCCC(C)=CCCC(C)=CCCC(C)=CCCC(C)=CCCC(C)=CCC/C(C)=C/C=c1\c(C)c(O)c2c(c1O)CC=CC=2. The lowest BCUT2D eigenvalue weighted by atomic mass is 9.97. The van der Waals surface area contributed by atoms with Gasteiger partial charge in [-0.2, -0.15) is 0 Å². The van der Waals surface area contributed by atoms with Crippen LogP contribution in [0.5, 0.6) is 11.5 Å². The molecule has 0 amide bonds. The molecule has 1 aliphatic rings. The van der Waals surface area contributed by atoms with Crippen LogP contribution < -0.4 is 10.4 Å². The van der Waals surface area contributed by atoms with Crippen molar-refractivity contribution in [1.82, 2.24) is 0 Å². The molecule has 2 N–H and O–H groups in total. The Morgan fingerprint density at radius 2 is 0.958 bits per heavy atom. The van der Waals surface area contributed by atoms with Crippen LogP contribution in [0.25, 0.3) is 12.2 Å². The van der Waals surface area contributed by atoms with Gasteiger partial charge in [-0.3, -0.25) is 0 Å². The van der Waals surface area contributed by atoms with E-state index in [0.717, 1.165) is 80.6 Å². The molecule has 2 rings (SSSR count). The van der Waals surface area contributed by atoms with Gasteiger partial charge in [-0.25, -0.2) is 0 Å². The zero-order chi connectivity index (χ0) is 35.5. The minimum atomic E-state index is 0.267. The van der Waals surface area contributed by atoms with E-state index in [4.69, 9.17) is 0 Å². The molecule has 2 heteroatoms. The van der Waals surface area contributed by atoms with Gasteiger partial charge in [0.25, 0.3) is 0 Å². The normalized spacial score (nSPS) is 15.1. The summed E-state index contributed by atoms with van der Waals surface area (Å²) in [6.45, 7) is 19.7. The van der Waals surface area contributed by atoms with E-state index in [1.807, 2.05) is 31.2 Å². The first-order valence-corrected chi connectivity index (χ1v) is 18.4. The number of rotatable bonds is 19. The van der Waals surface area contributed by atoms with Crippen molar-refractivity contribution in [3.05, 3.63) is 115 Å². The van der Waals surface area contributed by atoms with Gasteiger partial charge in [-0.15, -0.1) is 0 Å². The van der Waals surface area contributed by atoms with Crippen LogP contribution in [-0.2, 0) is 6.42 Å². The van der Waals surface area contributed by atoms with Crippen molar-refractivity contribution in [2.45, 2.75) is 146 Å². The average Bonchev–Trinajstić information content (AvgIpc) is 3.03. The highest BCUT2D eigenvalue weighted by Crippen LogP contribution is 2.20. The molecule has 2 nitrogen and oxygen atoms in total. The number of phenols is 2. The molecule has 1 aromatic carbocycles. The lowest BCUT2D eigenvalue weighted by Gasteiger charge is -2.12. The minimum Gasteiger partial charge on any atom is -0.507 e. The third kappa shape index (κ3) is 15.6. The van der Waals surface area contributed by atoms with Crippen molar-refractivity contribution >= 4 is 12.2 Å². The summed E-state index contributed by atoms with van der Waals surface area (Å²) in [6, 6.07) is 0. The molecule has 0 aromatic heterocycles. The fourth-order valence-corrected chi connectivity index (χ4v) is 6.02. The van der Waals surface area contributed by atoms with E-state index in [1.54, 1.807) is 0 Å². The van der Waals surface area contributed by atoms with E-state index < -0.39 is 0 Å². The third-order valence-corrected chi connectivity index (χ3v) is 9.38. The number of hydrogen-bond acceptors (Lipinski definition) is 2. The van der Waals surface area contributed by atoms with Gasteiger partial charge in [0.05, 0.1) is 0 Å². The molecule has 0 atom stereocenters. The Balaban J connectivity index is 1.70. The number of aromatic hydroxyl groups is 2. The molecule has 0 heterocycles. The van der Waals surface area contributed by atoms with E-state index in [2.05, 4.69) is 97.9 Å². The molecule has 1 aromatic rings. The average molecular weight is 651 g/mol. The lowest BCUT2D eigenvalue weighted by molar-refractivity contribution is 0.444. The molecule has 0 aliphatic heterocycles. The molecule has 0 unspecified atom stereocenters. The van der Waals surface area contributed by atoms with Crippen LogP contribution in [0, 0.1) is 6.92 Å². The van der Waals surface area contributed by atoms with Crippen molar-refractivity contribution in [3.63, 3.8) is 0 Å². The van der Waals surface area contributed by atoms with Crippen LogP contribution in [0.4, 0.5) is 0 Å². The molecule has 0 bridgehead atoms. The summed E-state index contributed by atoms with van der Waals surface area (Å²) in [5, 5.41) is 23.0. The molecule has 0 saturated heterocycles. The first-order chi connectivity index (χ1) is 22.9. The summed E-state index contributed by atoms with van der Waals surface area (Å²) < 4.78 is 0. The first-order valence-electron chi connectivity index (χ1n) is 18.4. The van der Waals surface area contributed by atoms with Crippen LogP contribution in [0.15, 0.2) is 93.7 Å². The van der Waals surface area contributed by atoms with Crippen molar-refractivity contribution in [1.29, 1.82) is 0 Å². The first kappa shape index (κ1) is 40.7. The fourth-order valence-electron chi connectivity index (χ4n) is 6.02. The van der Waals surface area contributed by atoms with Crippen molar-refractivity contribution < 1.29 is 10.2 Å². The molecule has 0 saturated carbocycles. The molecule has 0 fully saturated rings. The topological polar surface area (TPSA) is 40.5 Å². The Kier molecular flexibility index (Phi) is 18.8. The minimum absolute atomic E-state index is 0.267. The van der Waals surface area contributed by atoms with Crippen LogP contribution in [0.1, 0.15) is 144 Å². The largest absolute Gasteiger partial charge is 0.507 e. The number of fused-ring (bicyclic) bond motifs is 1. The van der Waals surface area contributed by atoms with E-state index in [1.165, 1.54) is 51.9 Å². The molecule has 0 radical (unpaired) electrons. The quantitative estimate of drug-likeness (QED) is 0.116. The van der Waals surface area contributed by atoms with Gasteiger partial charge in [0, 0.05) is 21.6 Å². The van der Waals surface area contributed by atoms with Crippen molar-refractivity contribution in [3.8, 4) is 11.5 Å². The molecular formula is C46H66O2. The maximum absolute atomic E-state index is 10.9. The van der Waals surface area contributed by atoms with Crippen LogP contribution in [0.2, 0.25) is 0 Å². The maximum Gasteiger partial charge on any atom is 0.127 e. The summed E-state index contributed by atoms with van der Waals surface area (Å²) in [5.41, 5.74) is 11.7. The third-order valence-electron chi connectivity index (χ3n) is 9.38. The number of allylic oxidation sites excluding steroid dienone is 16. The Bertz CT molecular complexity index is 1570. The number of hydrogen-bond donors (Lipinski definition) is 2. The second kappa shape index (κ2) is 22.2. The van der Waals surface area contributed by atoms with Crippen LogP contribution in [0.3, 0.4) is 0 Å². The van der Waals surface area contributed by atoms with E-state index >= 15 is 0 Å². The Morgan fingerprint density at radius 3 is 1.38 bits per heavy atom. The molecule has 262 valence electrons. The van der Waals surface area contributed by atoms with Crippen LogP contribution in [-0.4, -0.2) is 10.2 Å². The summed E-state index contributed by atoms with van der Waals surface area (Å²) in [5.74, 6) is 0.549. The monoisotopic (exact) mass is 651 g/mol. The number of phenolic OH excluding ortho intramolecular Hbond substituents is 2. The van der Waals surface area contributed by atoms with Gasteiger partial charge in [0.1, 0.15) is 11.5 Å². The van der Waals surface area contributed by atoms with Gasteiger partial charge >= 0.3 is 0 Å². The van der Waals surface area contributed by atoms with Crippen molar-refractivity contribution in [2.24, 2.45) is 0 Å². The highest BCUT2D eigenvalue weighted by Gasteiger charge is 2.13. The van der Waals surface area contributed by atoms with Gasteiger partial charge in [-0.05, 0) is 146 Å². The Hall–Kier alpha value is -3.52. The lowest BCUT2D eigenvalue weighted by Crippen LogP contribution is -2.21. The Labute approximate surface area is 294 Å². The smallest absolute Gasteiger partial charge is 0.127 e. The highest BCUT2D eigenvalue weighted by molar-refractivity contribution is 5.60. The van der Waals surface area contributed by atoms with Gasteiger partial charge in [0.2, 0.25) is 0 Å². The van der Waals surface area contributed by atoms with E-state index in [0.29, 0.717) is 11.6 Å². The second-order valence-electron chi connectivity index (χ2n) is 14.4. The zero-order valence-electron chi connectivity index (χ0n) is 31.9. The molecule has 48 heavy (non-hydrogen) atoms. The molecule has 0 spiro atoms. The van der Waals surface area contributed by atoms with Crippen molar-refractivity contribution in [2.75, 3.05) is 0 Å². The summed E-state index contributed by atoms with van der Waals surface area (Å²) >= 11 is 0. The van der Waals surface area contributed by atoms with Gasteiger partial charge in [0.15, 0.2) is 0 Å². The van der Waals surface area contributed by atoms with Gasteiger partial charge in [-0.1, -0.05) is 106 Å². The van der Waals surface area contributed by atoms with E-state index in [-0.39, 0.29) is 11.5 Å². The second-order valence-corrected chi connectivity index (χ2v) is 14.4. The summed E-state index contributed by atoms with van der Waals surface area (Å²) in [4.78, 5) is 0. The standard InChI is InChI=1S/C46H66O2/c1-34(2)18-12-19-35(3)20-13-21-36(4)22-14-23-37(5)24-15-25-38(6)26-16-27-39(7)28-17-29-40(8)32-33-42-41(9)45(47)43-30-10-11-31-44(43)46(42)48/h10-11,18,20,22,24,26,28,30,32-33,47-48H,12-17,19,21,23,25,27,29,31H2,1-9H3/b35-20?,36-22?,37-24?,38-26?,39-28?,40-32+,42-33+. The predicted octanol–water partition coefficient (Wildman–Crippen LogP) is 12.4. The number of benzene rings is 1. The maximum atomic E-state index is 10.9. The van der Waals surface area contributed by atoms with Crippen LogP contribution >= 0.6 is 0 Å². The predicted molar refractivity (Wildman–Crippen MR) is 213 cm³/mol. The highest BCUT2D eigenvalue weighted by atomic mass is 16.3.